The topological polar surface area (TPSA) is 66.8 Å². The predicted molar refractivity (Wildman–Crippen MR) is 152 cm³/mol. The SMILES string of the molecule is CC(C)CCCC(C)C1CCC2C3CC=C4CC(OC(=O)c5cc(O)cc(O)c5)CCC4(C)C3CCC12C. The highest BCUT2D eigenvalue weighted by Crippen LogP contribution is 2.67. The van der Waals surface area contributed by atoms with E-state index in [9.17, 15) is 15.0 Å². The molecule has 0 amide bonds. The third-order valence-corrected chi connectivity index (χ3v) is 11.7. The van der Waals surface area contributed by atoms with Crippen molar-refractivity contribution in [3.63, 3.8) is 0 Å². The molecule has 0 aromatic heterocycles. The quantitative estimate of drug-likeness (QED) is 0.278. The van der Waals surface area contributed by atoms with Crippen molar-refractivity contribution in [1.29, 1.82) is 0 Å². The van der Waals surface area contributed by atoms with Crippen molar-refractivity contribution in [2.45, 2.75) is 111 Å². The summed E-state index contributed by atoms with van der Waals surface area (Å²) in [6, 6.07) is 3.94. The summed E-state index contributed by atoms with van der Waals surface area (Å²) in [6.45, 7) is 12.4. The standard InChI is InChI=1S/C34H50O4/c1-21(2)7-6-8-22(3)29-11-12-30-28-10-9-24-19-27(38-32(37)23-17-25(35)20-26(36)18-23)13-15-33(24,4)31(28)14-16-34(29,30)5/h9,17-18,20-22,27-31,35-36H,6-8,10-16,19H2,1-5H3. The van der Waals surface area contributed by atoms with Gasteiger partial charge in [-0.1, -0.05) is 65.5 Å². The minimum Gasteiger partial charge on any atom is -0.508 e. The van der Waals surface area contributed by atoms with Crippen molar-refractivity contribution in [2.24, 2.45) is 46.3 Å². The first kappa shape index (κ1) is 27.6. The second kappa shape index (κ2) is 10.5. The van der Waals surface area contributed by atoms with Crippen molar-refractivity contribution in [3.05, 3.63) is 35.4 Å². The number of esters is 1. The highest BCUT2D eigenvalue weighted by Gasteiger charge is 2.59. The smallest absolute Gasteiger partial charge is 0.338 e. The highest BCUT2D eigenvalue weighted by atomic mass is 16.5. The number of carbonyl (C=O) groups is 1. The van der Waals surface area contributed by atoms with Crippen LogP contribution in [0.2, 0.25) is 0 Å². The minimum atomic E-state index is -0.466. The van der Waals surface area contributed by atoms with E-state index in [1.807, 2.05) is 0 Å². The van der Waals surface area contributed by atoms with Crippen molar-refractivity contribution in [2.75, 3.05) is 0 Å². The van der Waals surface area contributed by atoms with E-state index < -0.39 is 5.97 Å². The summed E-state index contributed by atoms with van der Waals surface area (Å²) in [4.78, 5) is 12.8. The molecule has 0 saturated heterocycles. The summed E-state index contributed by atoms with van der Waals surface area (Å²) < 4.78 is 5.89. The van der Waals surface area contributed by atoms with Gasteiger partial charge < -0.3 is 14.9 Å². The molecule has 5 rings (SSSR count). The van der Waals surface area contributed by atoms with Gasteiger partial charge in [-0.05, 0) is 103 Å². The van der Waals surface area contributed by atoms with Gasteiger partial charge >= 0.3 is 5.97 Å². The van der Waals surface area contributed by atoms with E-state index in [1.54, 1.807) is 0 Å². The lowest BCUT2D eigenvalue weighted by molar-refractivity contribution is -0.0594. The van der Waals surface area contributed by atoms with Crippen LogP contribution in [0.3, 0.4) is 0 Å². The number of phenolic OH excluding ortho intramolecular Hbond substituents is 2. The summed E-state index contributed by atoms with van der Waals surface area (Å²) >= 11 is 0. The van der Waals surface area contributed by atoms with E-state index in [1.165, 1.54) is 75.1 Å². The molecule has 38 heavy (non-hydrogen) atoms. The van der Waals surface area contributed by atoms with Crippen LogP contribution in [-0.2, 0) is 4.74 Å². The Hall–Kier alpha value is -1.97. The van der Waals surface area contributed by atoms with E-state index in [0.717, 1.165) is 54.8 Å². The predicted octanol–water partition coefficient (Wildman–Crippen LogP) is 8.66. The molecule has 3 fully saturated rings. The molecule has 0 spiro atoms. The van der Waals surface area contributed by atoms with Crippen molar-refractivity contribution < 1.29 is 19.7 Å². The number of fused-ring (bicyclic) bond motifs is 5. The minimum absolute atomic E-state index is 0.127. The molecule has 1 aromatic carbocycles. The Kier molecular flexibility index (Phi) is 7.66. The monoisotopic (exact) mass is 522 g/mol. The fourth-order valence-electron chi connectivity index (χ4n) is 9.69. The second-order valence-electron chi connectivity index (χ2n) is 14.3. The average molecular weight is 523 g/mol. The molecule has 0 aliphatic heterocycles. The van der Waals surface area contributed by atoms with Gasteiger partial charge in [-0.15, -0.1) is 0 Å². The Morgan fingerprint density at radius 1 is 0.974 bits per heavy atom. The van der Waals surface area contributed by atoms with Gasteiger partial charge in [0.25, 0.3) is 0 Å². The van der Waals surface area contributed by atoms with Crippen LogP contribution < -0.4 is 0 Å². The van der Waals surface area contributed by atoms with Crippen LogP contribution in [-0.4, -0.2) is 22.3 Å². The van der Waals surface area contributed by atoms with Gasteiger partial charge in [0.15, 0.2) is 0 Å². The molecule has 4 aliphatic rings. The van der Waals surface area contributed by atoms with Crippen LogP contribution in [0.1, 0.15) is 116 Å². The Morgan fingerprint density at radius 3 is 2.42 bits per heavy atom. The van der Waals surface area contributed by atoms with E-state index >= 15 is 0 Å². The number of phenols is 2. The van der Waals surface area contributed by atoms with Crippen LogP contribution >= 0.6 is 0 Å². The molecule has 4 heteroatoms. The molecule has 4 nitrogen and oxygen atoms in total. The lowest BCUT2D eigenvalue weighted by Gasteiger charge is -2.58. The van der Waals surface area contributed by atoms with Gasteiger partial charge in [0, 0.05) is 12.5 Å². The Bertz CT molecular complexity index is 1040. The summed E-state index contributed by atoms with van der Waals surface area (Å²) in [5, 5.41) is 19.5. The molecule has 2 N–H and O–H groups in total. The summed E-state index contributed by atoms with van der Waals surface area (Å²) in [6.07, 6.45) is 16.0. The van der Waals surface area contributed by atoms with Crippen LogP contribution in [0.4, 0.5) is 0 Å². The number of carbonyl (C=O) groups excluding carboxylic acids is 1. The lowest BCUT2D eigenvalue weighted by atomic mass is 9.47. The largest absolute Gasteiger partial charge is 0.508 e. The molecular weight excluding hydrogens is 472 g/mol. The lowest BCUT2D eigenvalue weighted by Crippen LogP contribution is -2.51. The molecule has 3 saturated carbocycles. The zero-order valence-electron chi connectivity index (χ0n) is 24.3. The number of hydrogen-bond acceptors (Lipinski definition) is 4. The van der Waals surface area contributed by atoms with Gasteiger partial charge in [-0.25, -0.2) is 4.79 Å². The van der Waals surface area contributed by atoms with Crippen molar-refractivity contribution in [1.82, 2.24) is 0 Å². The molecule has 1 aromatic rings. The van der Waals surface area contributed by atoms with E-state index in [0.29, 0.717) is 5.41 Å². The van der Waals surface area contributed by atoms with E-state index in [2.05, 4.69) is 40.7 Å². The van der Waals surface area contributed by atoms with Crippen molar-refractivity contribution >= 4 is 5.97 Å². The third-order valence-electron chi connectivity index (χ3n) is 11.7. The van der Waals surface area contributed by atoms with E-state index in [4.69, 9.17) is 4.74 Å². The number of aromatic hydroxyl groups is 2. The molecule has 4 aliphatic carbocycles. The van der Waals surface area contributed by atoms with Gasteiger partial charge in [-0.3, -0.25) is 0 Å². The fraction of sp³-hybridized carbons (Fsp3) is 0.735. The van der Waals surface area contributed by atoms with Crippen LogP contribution in [0.25, 0.3) is 0 Å². The first-order chi connectivity index (χ1) is 18.0. The summed E-state index contributed by atoms with van der Waals surface area (Å²) in [5.74, 6) is 4.20. The average Bonchev–Trinajstić information content (AvgIpc) is 3.20. The van der Waals surface area contributed by atoms with E-state index in [-0.39, 0.29) is 28.6 Å². The Morgan fingerprint density at radius 2 is 1.71 bits per heavy atom. The third kappa shape index (κ3) is 5.02. The molecule has 0 heterocycles. The first-order valence-corrected chi connectivity index (χ1v) is 15.4. The maximum Gasteiger partial charge on any atom is 0.338 e. The first-order valence-electron chi connectivity index (χ1n) is 15.4. The van der Waals surface area contributed by atoms with Gasteiger partial charge in [0.1, 0.15) is 17.6 Å². The number of hydrogen-bond donors (Lipinski definition) is 2. The molecule has 0 radical (unpaired) electrons. The van der Waals surface area contributed by atoms with Crippen LogP contribution in [0.5, 0.6) is 11.5 Å². The zero-order chi connectivity index (χ0) is 27.2. The van der Waals surface area contributed by atoms with Gasteiger partial charge in [0.2, 0.25) is 0 Å². The second-order valence-corrected chi connectivity index (χ2v) is 14.3. The Labute approximate surface area is 230 Å². The fourth-order valence-corrected chi connectivity index (χ4v) is 9.69. The van der Waals surface area contributed by atoms with Gasteiger partial charge in [-0.2, -0.15) is 0 Å². The van der Waals surface area contributed by atoms with Gasteiger partial charge in [0.05, 0.1) is 5.56 Å². The van der Waals surface area contributed by atoms with Crippen LogP contribution in [0, 0.1) is 46.3 Å². The summed E-state index contributed by atoms with van der Waals surface area (Å²) in [7, 11) is 0. The number of ether oxygens (including phenoxy) is 1. The molecule has 8 unspecified atom stereocenters. The maximum atomic E-state index is 12.8. The molecule has 210 valence electrons. The maximum absolute atomic E-state index is 12.8. The van der Waals surface area contributed by atoms with Crippen LogP contribution in [0.15, 0.2) is 29.8 Å². The Balaban J connectivity index is 1.25. The normalized spacial score (nSPS) is 37.1. The molecule has 0 bridgehead atoms. The zero-order valence-corrected chi connectivity index (χ0v) is 24.3. The number of allylic oxidation sites excluding steroid dienone is 1. The molecular formula is C34H50O4. The molecule has 8 atom stereocenters. The number of benzene rings is 1. The highest BCUT2D eigenvalue weighted by molar-refractivity contribution is 5.90. The summed E-state index contributed by atoms with van der Waals surface area (Å²) in [5.41, 5.74) is 2.42. The number of rotatable bonds is 7. The van der Waals surface area contributed by atoms with Crippen molar-refractivity contribution in [3.8, 4) is 11.5 Å².